The van der Waals surface area contributed by atoms with Crippen LogP contribution in [0.15, 0.2) is 22.9 Å². The summed E-state index contributed by atoms with van der Waals surface area (Å²) in [6, 6.07) is 3.48. The Balaban J connectivity index is 2.10. The molecule has 0 aliphatic heterocycles. The number of nitrogens with zero attached hydrogens (tertiary/aromatic N) is 1. The van der Waals surface area contributed by atoms with Gasteiger partial charge in [-0.25, -0.2) is 0 Å². The molecule has 0 aliphatic carbocycles. The molecule has 0 saturated heterocycles. The SMILES string of the molecule is Cc1ccc(O)c(CNc2cscc2C)n1. The largest absolute Gasteiger partial charge is 0.506 e. The lowest BCUT2D eigenvalue weighted by Gasteiger charge is -2.07. The second kappa shape index (κ2) is 4.53. The van der Waals surface area contributed by atoms with Crippen molar-refractivity contribution >= 4 is 17.0 Å². The summed E-state index contributed by atoms with van der Waals surface area (Å²) in [5, 5.41) is 17.0. The first-order valence-corrected chi connectivity index (χ1v) is 6.03. The summed E-state index contributed by atoms with van der Waals surface area (Å²) in [5.41, 5.74) is 3.92. The van der Waals surface area contributed by atoms with E-state index in [0.29, 0.717) is 12.2 Å². The monoisotopic (exact) mass is 234 g/mol. The molecule has 2 aromatic heterocycles. The molecule has 0 unspecified atom stereocenters. The van der Waals surface area contributed by atoms with Gasteiger partial charge >= 0.3 is 0 Å². The van der Waals surface area contributed by atoms with Crippen molar-refractivity contribution < 1.29 is 5.11 Å². The second-order valence-corrected chi connectivity index (χ2v) is 4.48. The summed E-state index contributed by atoms with van der Waals surface area (Å²) in [6.45, 7) is 4.52. The van der Waals surface area contributed by atoms with E-state index in [1.807, 2.05) is 6.92 Å². The average Bonchev–Trinajstić information content (AvgIpc) is 2.66. The number of aromatic hydroxyl groups is 1. The van der Waals surface area contributed by atoms with Gasteiger partial charge in [-0.1, -0.05) is 0 Å². The maximum absolute atomic E-state index is 9.63. The number of hydrogen-bond donors (Lipinski definition) is 2. The van der Waals surface area contributed by atoms with Gasteiger partial charge in [0.25, 0.3) is 0 Å². The highest BCUT2D eigenvalue weighted by Gasteiger charge is 2.04. The van der Waals surface area contributed by atoms with Gasteiger partial charge < -0.3 is 10.4 Å². The third kappa shape index (κ3) is 2.33. The molecule has 0 amide bonds. The van der Waals surface area contributed by atoms with Crippen molar-refractivity contribution in [2.75, 3.05) is 5.32 Å². The van der Waals surface area contributed by atoms with Crippen LogP contribution in [-0.2, 0) is 6.54 Å². The molecule has 3 nitrogen and oxygen atoms in total. The van der Waals surface area contributed by atoms with Gasteiger partial charge in [0.1, 0.15) is 11.4 Å². The van der Waals surface area contributed by atoms with Crippen LogP contribution in [-0.4, -0.2) is 10.1 Å². The first kappa shape index (κ1) is 11.0. The minimum absolute atomic E-state index is 0.242. The van der Waals surface area contributed by atoms with Crippen LogP contribution in [0, 0.1) is 13.8 Å². The number of anilines is 1. The number of hydrogen-bond acceptors (Lipinski definition) is 4. The van der Waals surface area contributed by atoms with Crippen LogP contribution >= 0.6 is 11.3 Å². The molecule has 0 aliphatic rings. The lowest BCUT2D eigenvalue weighted by Crippen LogP contribution is -2.02. The summed E-state index contributed by atoms with van der Waals surface area (Å²) in [6.07, 6.45) is 0. The fourth-order valence-corrected chi connectivity index (χ4v) is 2.26. The van der Waals surface area contributed by atoms with Gasteiger partial charge in [-0.15, -0.1) is 11.3 Å². The second-order valence-electron chi connectivity index (χ2n) is 3.74. The topological polar surface area (TPSA) is 45.1 Å². The molecule has 84 valence electrons. The maximum atomic E-state index is 9.63. The molecular weight excluding hydrogens is 220 g/mol. The summed E-state index contributed by atoms with van der Waals surface area (Å²) in [4.78, 5) is 4.29. The fraction of sp³-hybridized carbons (Fsp3) is 0.250. The predicted molar refractivity (Wildman–Crippen MR) is 67.0 cm³/mol. The van der Waals surface area contributed by atoms with E-state index in [0.717, 1.165) is 11.4 Å². The minimum Gasteiger partial charge on any atom is -0.506 e. The van der Waals surface area contributed by atoms with Gasteiger partial charge in [-0.3, -0.25) is 4.98 Å². The maximum Gasteiger partial charge on any atom is 0.138 e. The van der Waals surface area contributed by atoms with E-state index in [1.165, 1.54) is 5.56 Å². The molecule has 4 heteroatoms. The highest BCUT2D eigenvalue weighted by molar-refractivity contribution is 7.08. The van der Waals surface area contributed by atoms with Crippen molar-refractivity contribution in [2.24, 2.45) is 0 Å². The quantitative estimate of drug-likeness (QED) is 0.857. The molecule has 0 radical (unpaired) electrons. The molecular formula is C12H14N2OS. The van der Waals surface area contributed by atoms with Crippen molar-refractivity contribution in [3.8, 4) is 5.75 Å². The third-order valence-corrected chi connectivity index (χ3v) is 3.25. The number of nitrogens with one attached hydrogen (secondary N) is 1. The Morgan fingerprint density at radius 3 is 2.81 bits per heavy atom. The normalized spacial score (nSPS) is 10.4. The number of aryl methyl sites for hydroxylation is 2. The molecule has 0 spiro atoms. The Morgan fingerprint density at radius 1 is 1.31 bits per heavy atom. The van der Waals surface area contributed by atoms with E-state index >= 15 is 0 Å². The van der Waals surface area contributed by atoms with Crippen molar-refractivity contribution in [3.63, 3.8) is 0 Å². The van der Waals surface area contributed by atoms with E-state index in [4.69, 9.17) is 0 Å². The Hall–Kier alpha value is -1.55. The molecule has 0 atom stereocenters. The standard InChI is InChI=1S/C12H14N2OS/c1-8-6-16-7-11(8)13-5-10-12(15)4-3-9(2)14-10/h3-4,6-7,13,15H,5H2,1-2H3. The summed E-state index contributed by atoms with van der Waals surface area (Å²) < 4.78 is 0. The van der Waals surface area contributed by atoms with E-state index < -0.39 is 0 Å². The first-order valence-electron chi connectivity index (χ1n) is 5.09. The van der Waals surface area contributed by atoms with E-state index in [-0.39, 0.29) is 5.75 Å². The first-order chi connectivity index (χ1) is 7.66. The molecule has 16 heavy (non-hydrogen) atoms. The van der Waals surface area contributed by atoms with Crippen LogP contribution in [0.2, 0.25) is 0 Å². The Bertz CT molecular complexity index is 494. The zero-order valence-corrected chi connectivity index (χ0v) is 10.1. The molecule has 0 aromatic carbocycles. The lowest BCUT2D eigenvalue weighted by atomic mass is 10.2. The van der Waals surface area contributed by atoms with Gasteiger partial charge in [0, 0.05) is 16.8 Å². The Morgan fingerprint density at radius 2 is 2.12 bits per heavy atom. The van der Waals surface area contributed by atoms with Crippen LogP contribution in [0.4, 0.5) is 5.69 Å². The zero-order valence-electron chi connectivity index (χ0n) is 9.32. The summed E-state index contributed by atoms with van der Waals surface area (Å²) in [7, 11) is 0. The Kier molecular flexibility index (Phi) is 3.10. The highest BCUT2D eigenvalue weighted by Crippen LogP contribution is 2.21. The van der Waals surface area contributed by atoms with E-state index in [9.17, 15) is 5.11 Å². The number of pyridine rings is 1. The minimum atomic E-state index is 0.242. The van der Waals surface area contributed by atoms with E-state index in [2.05, 4.69) is 28.0 Å². The van der Waals surface area contributed by atoms with Crippen LogP contribution in [0.5, 0.6) is 5.75 Å². The fourth-order valence-electron chi connectivity index (χ4n) is 1.45. The molecule has 2 aromatic rings. The number of rotatable bonds is 3. The van der Waals surface area contributed by atoms with Crippen molar-refractivity contribution in [3.05, 3.63) is 39.8 Å². The average molecular weight is 234 g/mol. The van der Waals surface area contributed by atoms with E-state index in [1.54, 1.807) is 23.5 Å². The molecule has 2 rings (SSSR count). The smallest absolute Gasteiger partial charge is 0.138 e. The molecule has 0 fully saturated rings. The van der Waals surface area contributed by atoms with Crippen molar-refractivity contribution in [1.29, 1.82) is 0 Å². The van der Waals surface area contributed by atoms with Gasteiger partial charge in [0.05, 0.1) is 6.54 Å². The van der Waals surface area contributed by atoms with Crippen LogP contribution in [0.25, 0.3) is 0 Å². The molecule has 0 saturated carbocycles. The molecule has 2 N–H and O–H groups in total. The van der Waals surface area contributed by atoms with Crippen LogP contribution in [0.1, 0.15) is 17.0 Å². The van der Waals surface area contributed by atoms with Crippen molar-refractivity contribution in [2.45, 2.75) is 20.4 Å². The summed E-state index contributed by atoms with van der Waals surface area (Å²) in [5.74, 6) is 0.242. The lowest BCUT2D eigenvalue weighted by molar-refractivity contribution is 0.464. The molecule has 0 bridgehead atoms. The van der Waals surface area contributed by atoms with Gasteiger partial charge in [-0.05, 0) is 36.9 Å². The highest BCUT2D eigenvalue weighted by atomic mass is 32.1. The van der Waals surface area contributed by atoms with Gasteiger partial charge in [0.15, 0.2) is 0 Å². The third-order valence-electron chi connectivity index (χ3n) is 2.39. The zero-order chi connectivity index (χ0) is 11.5. The summed E-state index contributed by atoms with van der Waals surface area (Å²) >= 11 is 1.66. The predicted octanol–water partition coefficient (Wildman–Crippen LogP) is 3.08. The Labute approximate surface area is 98.8 Å². The van der Waals surface area contributed by atoms with Crippen LogP contribution in [0.3, 0.4) is 0 Å². The van der Waals surface area contributed by atoms with Crippen LogP contribution < -0.4 is 5.32 Å². The number of aromatic nitrogens is 1. The van der Waals surface area contributed by atoms with Gasteiger partial charge in [-0.2, -0.15) is 0 Å². The van der Waals surface area contributed by atoms with Gasteiger partial charge in [0.2, 0.25) is 0 Å². The van der Waals surface area contributed by atoms with Crippen molar-refractivity contribution in [1.82, 2.24) is 4.98 Å². The molecule has 2 heterocycles. The number of thiophene rings is 1.